The number of halogens is 8. The Morgan fingerprint density at radius 3 is 1.03 bits per heavy atom. The van der Waals surface area contributed by atoms with Crippen molar-refractivity contribution in [1.29, 1.82) is 0 Å². The first kappa shape index (κ1) is 54.8. The minimum Gasteiger partial charge on any atom is -0.207 e. The molecule has 62 heavy (non-hydrogen) atoms. The number of benzene rings is 6. The van der Waals surface area contributed by atoms with Crippen LogP contribution in [0, 0.1) is 46.5 Å². The van der Waals surface area contributed by atoms with Crippen molar-refractivity contribution < 1.29 is 35.1 Å². The molecule has 0 spiro atoms. The number of rotatable bonds is 6. The second kappa shape index (κ2) is 28.4. The smallest absolute Gasteiger partial charge is 0.162 e. The summed E-state index contributed by atoms with van der Waals surface area (Å²) in [6.07, 6.45) is 0. The van der Waals surface area contributed by atoms with Crippen LogP contribution in [0.5, 0.6) is 0 Å². The molecule has 0 aliphatic heterocycles. The maximum absolute atomic E-state index is 12.9. The van der Waals surface area contributed by atoms with E-state index in [1.807, 2.05) is 71.9 Å². The first-order valence-corrected chi connectivity index (χ1v) is 21.0. The van der Waals surface area contributed by atoms with Crippen LogP contribution in [-0.4, -0.2) is 0 Å². The van der Waals surface area contributed by atoms with Crippen LogP contribution in [0.25, 0.3) is 0 Å². The predicted octanol–water partition coefficient (Wildman–Crippen LogP) is 18.0. The summed E-state index contributed by atoms with van der Waals surface area (Å²) in [5.74, 6) is -2.15. The molecule has 8 heteroatoms. The lowest BCUT2D eigenvalue weighted by atomic mass is 10.0. The highest BCUT2D eigenvalue weighted by atomic mass is 19.2. The van der Waals surface area contributed by atoms with Crippen molar-refractivity contribution in [3.63, 3.8) is 0 Å². The topological polar surface area (TPSA) is 0 Å². The average Bonchev–Trinajstić information content (AvgIpc) is 3.20. The third-order valence-corrected chi connectivity index (χ3v) is 9.26. The molecular weight excluding hydrogens is 801 g/mol. The summed E-state index contributed by atoms with van der Waals surface area (Å²) in [7, 11) is 0. The Balaban J connectivity index is 0.000000372. The Morgan fingerprint density at radius 1 is 0.274 bits per heavy atom. The molecule has 0 saturated carbocycles. The Hall–Kier alpha value is -5.24. The van der Waals surface area contributed by atoms with Crippen molar-refractivity contribution in [2.45, 2.75) is 119 Å². The molecule has 0 heterocycles. The fraction of sp³-hybridized carbons (Fsp3) is 0.333. The summed E-state index contributed by atoms with van der Waals surface area (Å²) < 4.78 is 101. The molecule has 6 aromatic carbocycles. The SMILES string of the molecule is CC(C)c1c(F)cccc1F.CC(C)c1cc(F)cc(F)c1.CC(C)c1ccc(F)cc1.CC(C)c1cccc(F)c1F.CC(C)c1ccccc1.CC(C)c1ccccc1F. The zero-order valence-electron chi connectivity index (χ0n) is 38.2. The Labute approximate surface area is 366 Å². The monoisotopic (exact) mass is 864 g/mol. The quantitative estimate of drug-likeness (QED) is 0.146. The molecule has 0 saturated heterocycles. The highest BCUT2D eigenvalue weighted by Gasteiger charge is 2.11. The van der Waals surface area contributed by atoms with Gasteiger partial charge in [-0.25, -0.2) is 35.1 Å². The first-order valence-electron chi connectivity index (χ1n) is 21.0. The van der Waals surface area contributed by atoms with Gasteiger partial charge in [-0.2, -0.15) is 0 Å². The molecule has 0 atom stereocenters. The van der Waals surface area contributed by atoms with E-state index in [9.17, 15) is 35.1 Å². The van der Waals surface area contributed by atoms with Gasteiger partial charge in [0, 0.05) is 11.6 Å². The molecular formula is C54H64F8. The summed E-state index contributed by atoms with van der Waals surface area (Å²) in [5.41, 5.74) is 4.70. The fourth-order valence-corrected chi connectivity index (χ4v) is 5.57. The molecule has 0 N–H and O–H groups in total. The van der Waals surface area contributed by atoms with E-state index >= 15 is 0 Å². The van der Waals surface area contributed by atoms with Crippen LogP contribution >= 0.6 is 0 Å². The summed E-state index contributed by atoms with van der Waals surface area (Å²) in [6.45, 7) is 23.5. The van der Waals surface area contributed by atoms with Gasteiger partial charge in [-0.05, 0) is 112 Å². The van der Waals surface area contributed by atoms with Gasteiger partial charge in [-0.3, -0.25) is 0 Å². The summed E-state index contributed by atoms with van der Waals surface area (Å²) in [5, 5.41) is 0. The van der Waals surface area contributed by atoms with E-state index in [2.05, 4.69) is 52.0 Å². The van der Waals surface area contributed by atoms with Gasteiger partial charge in [-0.15, -0.1) is 0 Å². The van der Waals surface area contributed by atoms with Crippen LogP contribution < -0.4 is 0 Å². The van der Waals surface area contributed by atoms with Crippen molar-refractivity contribution in [3.05, 3.63) is 213 Å². The van der Waals surface area contributed by atoms with Gasteiger partial charge >= 0.3 is 0 Å². The third-order valence-electron chi connectivity index (χ3n) is 9.26. The van der Waals surface area contributed by atoms with E-state index in [0.717, 1.165) is 17.7 Å². The molecule has 0 unspecified atom stereocenters. The Morgan fingerprint density at radius 2 is 0.661 bits per heavy atom. The molecule has 0 fully saturated rings. The Kier molecular flexibility index (Phi) is 25.1. The molecule has 0 radical (unpaired) electrons. The zero-order chi connectivity index (χ0) is 47.1. The molecule has 336 valence electrons. The van der Waals surface area contributed by atoms with E-state index in [0.29, 0.717) is 23.0 Å². The fourth-order valence-electron chi connectivity index (χ4n) is 5.57. The maximum Gasteiger partial charge on any atom is 0.162 e. The highest BCUT2D eigenvalue weighted by Crippen LogP contribution is 2.22. The predicted molar refractivity (Wildman–Crippen MR) is 243 cm³/mol. The van der Waals surface area contributed by atoms with Gasteiger partial charge < -0.3 is 0 Å². The van der Waals surface area contributed by atoms with Gasteiger partial charge in [0.25, 0.3) is 0 Å². The number of hydrogen-bond donors (Lipinski definition) is 0. The first-order chi connectivity index (χ1) is 29.1. The second-order valence-electron chi connectivity index (χ2n) is 16.4. The molecule has 0 aromatic heterocycles. The average molecular weight is 865 g/mol. The van der Waals surface area contributed by atoms with E-state index in [4.69, 9.17) is 0 Å². The van der Waals surface area contributed by atoms with Gasteiger partial charge in [0.2, 0.25) is 0 Å². The van der Waals surface area contributed by atoms with Crippen molar-refractivity contribution in [2.75, 3.05) is 0 Å². The van der Waals surface area contributed by atoms with Gasteiger partial charge in [-0.1, -0.05) is 162 Å². The second-order valence-corrected chi connectivity index (χ2v) is 16.4. The summed E-state index contributed by atoms with van der Waals surface area (Å²) >= 11 is 0. The van der Waals surface area contributed by atoms with Crippen molar-refractivity contribution >= 4 is 0 Å². The molecule has 0 nitrogen and oxygen atoms in total. The van der Waals surface area contributed by atoms with Crippen LogP contribution in [0.1, 0.15) is 152 Å². The van der Waals surface area contributed by atoms with E-state index in [1.54, 1.807) is 26.0 Å². The van der Waals surface area contributed by atoms with Crippen molar-refractivity contribution in [3.8, 4) is 0 Å². The van der Waals surface area contributed by atoms with Gasteiger partial charge in [0.15, 0.2) is 11.6 Å². The van der Waals surface area contributed by atoms with Gasteiger partial charge in [0.05, 0.1) is 0 Å². The van der Waals surface area contributed by atoms with E-state index in [1.165, 1.54) is 65.7 Å². The lowest BCUT2D eigenvalue weighted by Crippen LogP contribution is -1.96. The molecule has 6 aromatic rings. The highest BCUT2D eigenvalue weighted by molar-refractivity contribution is 5.24. The minimum atomic E-state index is -0.767. The van der Waals surface area contributed by atoms with E-state index < -0.39 is 34.9 Å². The zero-order valence-corrected chi connectivity index (χ0v) is 38.2. The van der Waals surface area contributed by atoms with Crippen LogP contribution in [0.2, 0.25) is 0 Å². The standard InChI is InChI=1S/3C9H10F2.2C9H11F.C9H12/c1-6(2)7-3-8(10)5-9(11)4-7;1-6(2)9-7(10)4-3-5-8(9)11;1-6(2)7-4-3-5-8(10)9(7)11;1-7(2)8-3-5-9(10)6-4-8;1-7(2)8-5-3-4-6-9(8)10;1-8(2)9-6-4-3-5-7-9/h3*3-6H,1-2H3;2*3-7H,1-2H3;3-8H,1-2H3. The molecule has 6 rings (SSSR count). The Bertz CT molecular complexity index is 2100. The molecule has 0 aliphatic carbocycles. The maximum atomic E-state index is 12.9. The van der Waals surface area contributed by atoms with Crippen molar-refractivity contribution in [1.82, 2.24) is 0 Å². The van der Waals surface area contributed by atoms with Crippen LogP contribution in [0.4, 0.5) is 35.1 Å². The van der Waals surface area contributed by atoms with Crippen molar-refractivity contribution in [2.24, 2.45) is 0 Å². The van der Waals surface area contributed by atoms with Crippen LogP contribution in [0.15, 0.2) is 133 Å². The lowest BCUT2D eigenvalue weighted by molar-refractivity contribution is 0.494. The van der Waals surface area contributed by atoms with E-state index in [-0.39, 0.29) is 40.9 Å². The molecule has 0 amide bonds. The molecule has 0 bridgehead atoms. The van der Waals surface area contributed by atoms with Crippen LogP contribution in [0.3, 0.4) is 0 Å². The summed E-state index contributed by atoms with van der Waals surface area (Å²) in [4.78, 5) is 0. The minimum absolute atomic E-state index is 0.0331. The van der Waals surface area contributed by atoms with Crippen LogP contribution in [-0.2, 0) is 0 Å². The molecule has 0 aliphatic rings. The summed E-state index contributed by atoms with van der Waals surface area (Å²) in [6, 6.07) is 35.8. The third kappa shape index (κ3) is 20.5. The largest absolute Gasteiger partial charge is 0.207 e. The van der Waals surface area contributed by atoms with Gasteiger partial charge in [0.1, 0.15) is 34.9 Å². The lowest BCUT2D eigenvalue weighted by Gasteiger charge is -2.06. The normalized spacial score (nSPS) is 10.5. The number of hydrogen-bond acceptors (Lipinski definition) is 0.